The lowest BCUT2D eigenvalue weighted by atomic mass is 9.96. The molecule has 0 atom stereocenters. The van der Waals surface area contributed by atoms with Crippen LogP contribution in [0.4, 0.5) is 5.69 Å². The Hall–Kier alpha value is -2.96. The highest BCUT2D eigenvalue weighted by Gasteiger charge is 2.32. The highest BCUT2D eigenvalue weighted by atomic mass is 32.2. The first-order valence-electron chi connectivity index (χ1n) is 11.9. The molecule has 34 heavy (non-hydrogen) atoms. The van der Waals surface area contributed by atoms with E-state index in [2.05, 4.69) is 31.3 Å². The Balaban J connectivity index is 1.38. The van der Waals surface area contributed by atoms with Crippen LogP contribution in [-0.2, 0) is 21.2 Å². The van der Waals surface area contributed by atoms with Crippen LogP contribution in [0.1, 0.15) is 49.3 Å². The van der Waals surface area contributed by atoms with Crippen LogP contribution in [0.15, 0.2) is 83.8 Å². The minimum atomic E-state index is -3.55. The maximum absolute atomic E-state index is 13.1. The van der Waals surface area contributed by atoms with E-state index in [-0.39, 0.29) is 11.8 Å². The number of nitrogens with one attached hydrogen (secondary N) is 1. The van der Waals surface area contributed by atoms with Gasteiger partial charge in [-0.15, -0.1) is 0 Å². The number of rotatable bonds is 7. The van der Waals surface area contributed by atoms with Crippen LogP contribution in [-0.4, -0.2) is 31.7 Å². The van der Waals surface area contributed by atoms with E-state index in [1.165, 1.54) is 9.87 Å². The van der Waals surface area contributed by atoms with Gasteiger partial charge in [-0.1, -0.05) is 74.5 Å². The number of hydrogen-bond donors (Lipinski definition) is 1. The molecule has 0 spiro atoms. The molecule has 1 aliphatic heterocycles. The molecule has 3 aromatic carbocycles. The van der Waals surface area contributed by atoms with E-state index >= 15 is 0 Å². The SMILES string of the molecule is CC(C)c1ccc(S(=O)(=O)N2CCC(C(=O)Nc3ccccc3Cc3ccccc3)CC2)cc1. The molecule has 0 aliphatic carbocycles. The molecule has 0 saturated carbocycles. The molecule has 3 aromatic rings. The second kappa shape index (κ2) is 10.5. The molecular formula is C28H32N2O3S. The van der Waals surface area contributed by atoms with Crippen molar-refractivity contribution in [3.05, 3.63) is 95.6 Å². The monoisotopic (exact) mass is 476 g/mol. The van der Waals surface area contributed by atoms with Crippen LogP contribution in [0.25, 0.3) is 0 Å². The summed E-state index contributed by atoms with van der Waals surface area (Å²) in [5.41, 5.74) is 4.18. The van der Waals surface area contributed by atoms with Crippen molar-refractivity contribution < 1.29 is 13.2 Å². The minimum Gasteiger partial charge on any atom is -0.326 e. The van der Waals surface area contributed by atoms with Crippen LogP contribution in [0.5, 0.6) is 0 Å². The second-order valence-electron chi connectivity index (χ2n) is 9.21. The van der Waals surface area contributed by atoms with E-state index in [0.717, 1.165) is 23.2 Å². The fourth-order valence-electron chi connectivity index (χ4n) is 4.38. The number of piperidine rings is 1. The molecule has 6 heteroatoms. The third kappa shape index (κ3) is 5.57. The predicted molar refractivity (Wildman–Crippen MR) is 136 cm³/mol. The van der Waals surface area contributed by atoms with Gasteiger partial charge in [0.25, 0.3) is 0 Å². The molecule has 1 saturated heterocycles. The van der Waals surface area contributed by atoms with Crippen molar-refractivity contribution in [1.82, 2.24) is 4.31 Å². The molecule has 1 fully saturated rings. The zero-order valence-corrected chi connectivity index (χ0v) is 20.6. The summed E-state index contributed by atoms with van der Waals surface area (Å²) in [6.07, 6.45) is 1.76. The van der Waals surface area contributed by atoms with Crippen molar-refractivity contribution >= 4 is 21.6 Å². The van der Waals surface area contributed by atoms with Crippen LogP contribution in [0, 0.1) is 5.92 Å². The molecule has 0 radical (unpaired) electrons. The molecule has 5 nitrogen and oxygen atoms in total. The van der Waals surface area contributed by atoms with Gasteiger partial charge in [-0.3, -0.25) is 4.79 Å². The number of anilines is 1. The van der Waals surface area contributed by atoms with Gasteiger partial charge in [-0.25, -0.2) is 8.42 Å². The first kappa shape index (κ1) is 24.2. The minimum absolute atomic E-state index is 0.0427. The summed E-state index contributed by atoms with van der Waals surface area (Å²) in [4.78, 5) is 13.3. The first-order valence-corrected chi connectivity index (χ1v) is 13.3. The van der Waals surface area contributed by atoms with Crippen molar-refractivity contribution in [2.24, 2.45) is 5.92 Å². The highest BCUT2D eigenvalue weighted by Crippen LogP contribution is 2.27. The molecule has 4 rings (SSSR count). The fraction of sp³-hybridized carbons (Fsp3) is 0.321. The molecule has 1 amide bonds. The number of amides is 1. The summed E-state index contributed by atoms with van der Waals surface area (Å²) in [7, 11) is -3.55. The van der Waals surface area contributed by atoms with Gasteiger partial charge < -0.3 is 5.32 Å². The molecule has 1 aliphatic rings. The van der Waals surface area contributed by atoms with E-state index in [4.69, 9.17) is 0 Å². The standard InChI is InChI=1S/C28H32N2O3S/c1-21(2)23-12-14-26(15-13-23)34(32,33)30-18-16-24(17-19-30)28(31)29-27-11-7-6-10-25(27)20-22-8-4-3-5-9-22/h3-15,21,24H,16-20H2,1-2H3,(H,29,31). The van der Waals surface area contributed by atoms with E-state index < -0.39 is 10.0 Å². The van der Waals surface area contributed by atoms with E-state index in [1.54, 1.807) is 12.1 Å². The molecule has 178 valence electrons. The predicted octanol–water partition coefficient (Wildman–Crippen LogP) is 5.44. The number of carbonyl (C=O) groups is 1. The normalized spacial score (nSPS) is 15.4. The number of benzene rings is 3. The third-order valence-electron chi connectivity index (χ3n) is 6.52. The Kier molecular flexibility index (Phi) is 7.49. The average Bonchev–Trinajstić information content (AvgIpc) is 2.86. The van der Waals surface area contributed by atoms with Gasteiger partial charge in [-0.05, 0) is 60.1 Å². The van der Waals surface area contributed by atoms with Crippen molar-refractivity contribution in [3.8, 4) is 0 Å². The highest BCUT2D eigenvalue weighted by molar-refractivity contribution is 7.89. The van der Waals surface area contributed by atoms with E-state index in [0.29, 0.717) is 36.7 Å². The Bertz CT molecular complexity index is 1210. The molecule has 0 aromatic heterocycles. The summed E-state index contributed by atoms with van der Waals surface area (Å²) >= 11 is 0. The lowest BCUT2D eigenvalue weighted by molar-refractivity contribution is -0.120. The quantitative estimate of drug-likeness (QED) is 0.494. The fourth-order valence-corrected chi connectivity index (χ4v) is 5.85. The Labute approximate surface area is 202 Å². The van der Waals surface area contributed by atoms with Gasteiger partial charge in [0.05, 0.1) is 4.90 Å². The summed E-state index contributed by atoms with van der Waals surface area (Å²) in [6.45, 7) is 4.86. The van der Waals surface area contributed by atoms with Gasteiger partial charge in [0.1, 0.15) is 0 Å². The van der Waals surface area contributed by atoms with Gasteiger partial charge in [-0.2, -0.15) is 4.31 Å². The maximum Gasteiger partial charge on any atom is 0.243 e. The van der Waals surface area contributed by atoms with Crippen LogP contribution >= 0.6 is 0 Å². The van der Waals surface area contributed by atoms with Crippen molar-refractivity contribution in [2.75, 3.05) is 18.4 Å². The lowest BCUT2D eigenvalue weighted by Gasteiger charge is -2.30. The summed E-state index contributed by atoms with van der Waals surface area (Å²) < 4.78 is 27.7. The summed E-state index contributed by atoms with van der Waals surface area (Å²) in [5, 5.41) is 3.10. The number of para-hydroxylation sites is 1. The summed E-state index contributed by atoms with van der Waals surface area (Å²) in [5.74, 6) is 0.0993. The van der Waals surface area contributed by atoms with Gasteiger partial charge >= 0.3 is 0 Å². The Morgan fingerprint density at radius 2 is 1.53 bits per heavy atom. The number of sulfonamides is 1. The maximum atomic E-state index is 13.1. The van der Waals surface area contributed by atoms with Gasteiger partial charge in [0.15, 0.2) is 0 Å². The van der Waals surface area contributed by atoms with Crippen LogP contribution in [0.2, 0.25) is 0 Å². The third-order valence-corrected chi connectivity index (χ3v) is 8.43. The number of nitrogens with zero attached hydrogens (tertiary/aromatic N) is 1. The topological polar surface area (TPSA) is 66.5 Å². The van der Waals surface area contributed by atoms with Crippen molar-refractivity contribution in [2.45, 2.75) is 43.9 Å². The first-order chi connectivity index (χ1) is 16.3. The molecule has 0 unspecified atom stereocenters. The number of hydrogen-bond acceptors (Lipinski definition) is 3. The largest absolute Gasteiger partial charge is 0.326 e. The van der Waals surface area contributed by atoms with Gasteiger partial charge in [0.2, 0.25) is 15.9 Å². The average molecular weight is 477 g/mol. The van der Waals surface area contributed by atoms with E-state index in [1.807, 2.05) is 54.6 Å². The Morgan fingerprint density at radius 3 is 2.18 bits per heavy atom. The van der Waals surface area contributed by atoms with Crippen LogP contribution < -0.4 is 5.32 Å². The molecule has 1 heterocycles. The van der Waals surface area contributed by atoms with E-state index in [9.17, 15) is 13.2 Å². The lowest BCUT2D eigenvalue weighted by Crippen LogP contribution is -2.41. The van der Waals surface area contributed by atoms with Gasteiger partial charge in [0, 0.05) is 24.7 Å². The molecular weight excluding hydrogens is 444 g/mol. The Morgan fingerprint density at radius 1 is 0.912 bits per heavy atom. The molecule has 0 bridgehead atoms. The number of carbonyl (C=O) groups excluding carboxylic acids is 1. The second-order valence-corrected chi connectivity index (χ2v) is 11.1. The zero-order chi connectivity index (χ0) is 24.1. The van der Waals surface area contributed by atoms with Crippen molar-refractivity contribution in [3.63, 3.8) is 0 Å². The smallest absolute Gasteiger partial charge is 0.243 e. The zero-order valence-electron chi connectivity index (χ0n) is 19.8. The van der Waals surface area contributed by atoms with Crippen molar-refractivity contribution in [1.29, 1.82) is 0 Å². The van der Waals surface area contributed by atoms with Crippen LogP contribution in [0.3, 0.4) is 0 Å². The molecule has 1 N–H and O–H groups in total. The summed E-state index contributed by atoms with van der Waals surface area (Å²) in [6, 6.07) is 25.2.